The molecule has 3 amide bonds. The Kier molecular flexibility index (Phi) is 8.81. The van der Waals surface area contributed by atoms with Crippen LogP contribution in [0.25, 0.3) is 11.0 Å². The van der Waals surface area contributed by atoms with Crippen LogP contribution in [-0.4, -0.2) is 52.1 Å². The first-order chi connectivity index (χ1) is 17.3. The number of hydrogen-bond donors (Lipinski definition) is 3. The van der Waals surface area contributed by atoms with E-state index >= 15 is 0 Å². The minimum Gasteiger partial charge on any atom is -0.438 e. The molecule has 0 saturated carbocycles. The van der Waals surface area contributed by atoms with Gasteiger partial charge in [0, 0.05) is 30.3 Å². The fourth-order valence-electron chi connectivity index (χ4n) is 3.50. The van der Waals surface area contributed by atoms with Crippen molar-refractivity contribution in [2.75, 3.05) is 13.3 Å². The number of amides is 3. The average molecular weight is 540 g/mol. The van der Waals surface area contributed by atoms with E-state index in [1.54, 1.807) is 38.1 Å². The van der Waals surface area contributed by atoms with Crippen LogP contribution in [0.1, 0.15) is 56.1 Å². The number of imide groups is 1. The van der Waals surface area contributed by atoms with Crippen molar-refractivity contribution in [1.29, 1.82) is 0 Å². The molecule has 1 aliphatic heterocycles. The monoisotopic (exact) mass is 540 g/mol. The van der Waals surface area contributed by atoms with Crippen molar-refractivity contribution >= 4 is 42.7 Å². The summed E-state index contributed by atoms with van der Waals surface area (Å²) in [7, 11) is -4.78. The van der Waals surface area contributed by atoms with Crippen molar-refractivity contribution in [3.8, 4) is 0 Å². The minimum absolute atomic E-state index is 0.0102. The average Bonchev–Trinajstić information content (AvgIpc) is 3.12. The highest BCUT2D eigenvalue weighted by atomic mass is 31.2. The van der Waals surface area contributed by atoms with Crippen LogP contribution in [0.3, 0.4) is 0 Å². The summed E-state index contributed by atoms with van der Waals surface area (Å²) in [6.07, 6.45) is -1.23. The van der Waals surface area contributed by atoms with Crippen LogP contribution in [0.15, 0.2) is 33.5 Å². The van der Waals surface area contributed by atoms with Crippen LogP contribution < -0.4 is 10.9 Å². The molecule has 2 heterocycles. The zero-order valence-corrected chi connectivity index (χ0v) is 20.8. The fourth-order valence-corrected chi connectivity index (χ4v) is 3.69. The number of hydroxylamine groups is 2. The number of fused-ring (bicyclic) bond motifs is 1. The van der Waals surface area contributed by atoms with Gasteiger partial charge in [-0.15, -0.1) is 5.06 Å². The van der Waals surface area contributed by atoms with Gasteiger partial charge < -0.3 is 29.1 Å². The molecule has 2 atom stereocenters. The molecule has 3 rings (SSSR count). The number of nitrogens with zero attached hydrogens (tertiary/aromatic N) is 1. The highest BCUT2D eigenvalue weighted by molar-refractivity contribution is 7.46. The Balaban J connectivity index is 1.60. The first kappa shape index (κ1) is 28.0. The predicted molar refractivity (Wildman–Crippen MR) is 124 cm³/mol. The summed E-state index contributed by atoms with van der Waals surface area (Å²) >= 11 is 0. The normalized spacial score (nSPS) is 15.5. The molecule has 200 valence electrons. The second-order valence-corrected chi connectivity index (χ2v) is 9.63. The van der Waals surface area contributed by atoms with Crippen molar-refractivity contribution in [2.24, 2.45) is 0 Å². The smallest absolute Gasteiger partial charge is 0.438 e. The molecule has 0 bridgehead atoms. The lowest BCUT2D eigenvalue weighted by molar-refractivity contribution is -0.171. The highest BCUT2D eigenvalue weighted by Crippen LogP contribution is 2.35. The Morgan fingerprint density at radius 2 is 1.78 bits per heavy atom. The van der Waals surface area contributed by atoms with E-state index in [1.165, 1.54) is 0 Å². The number of esters is 1. The van der Waals surface area contributed by atoms with Gasteiger partial charge in [0.05, 0.1) is 6.42 Å². The summed E-state index contributed by atoms with van der Waals surface area (Å²) in [6.45, 7) is 2.57. The topological polar surface area (TPSA) is 199 Å². The van der Waals surface area contributed by atoms with Gasteiger partial charge in [-0.2, -0.15) is 0 Å². The maximum atomic E-state index is 12.5. The number of carbonyl (C=O) groups excluding carboxylic acids is 4. The van der Waals surface area contributed by atoms with Gasteiger partial charge in [0.15, 0.2) is 0 Å². The van der Waals surface area contributed by atoms with E-state index in [-0.39, 0.29) is 42.9 Å². The van der Waals surface area contributed by atoms with Crippen molar-refractivity contribution in [3.05, 3.63) is 45.8 Å². The highest BCUT2D eigenvalue weighted by Gasteiger charge is 2.33. The van der Waals surface area contributed by atoms with E-state index in [9.17, 15) is 28.5 Å². The summed E-state index contributed by atoms with van der Waals surface area (Å²) in [4.78, 5) is 81.4. The fraction of sp³-hybridized carbons (Fsp3) is 0.409. The van der Waals surface area contributed by atoms with Gasteiger partial charge in [0.1, 0.15) is 5.58 Å². The van der Waals surface area contributed by atoms with Crippen molar-refractivity contribution in [3.63, 3.8) is 0 Å². The van der Waals surface area contributed by atoms with E-state index in [0.717, 1.165) is 5.56 Å². The second-order valence-electron chi connectivity index (χ2n) is 8.39. The number of carbonyl (C=O) groups is 4. The van der Waals surface area contributed by atoms with Gasteiger partial charge in [0.2, 0.25) is 6.79 Å². The second kappa shape index (κ2) is 11.6. The van der Waals surface area contributed by atoms with E-state index in [1.807, 2.05) is 0 Å². The third-order valence-corrected chi connectivity index (χ3v) is 5.97. The van der Waals surface area contributed by atoms with Crippen LogP contribution in [0.5, 0.6) is 0 Å². The maximum Gasteiger partial charge on any atom is 0.472 e. The molecule has 1 fully saturated rings. The molecule has 2 aromatic rings. The number of ether oxygens (including phenoxy) is 1. The number of nitrogens with one attached hydrogen (secondary N) is 1. The van der Waals surface area contributed by atoms with Crippen LogP contribution in [0.2, 0.25) is 0 Å². The summed E-state index contributed by atoms with van der Waals surface area (Å²) < 4.78 is 24.7. The lowest BCUT2D eigenvalue weighted by atomic mass is 9.96. The van der Waals surface area contributed by atoms with E-state index in [0.29, 0.717) is 10.4 Å². The molecule has 0 spiro atoms. The van der Waals surface area contributed by atoms with Crippen LogP contribution in [0.4, 0.5) is 4.79 Å². The van der Waals surface area contributed by atoms with Crippen molar-refractivity contribution in [1.82, 2.24) is 10.4 Å². The first-order valence-corrected chi connectivity index (χ1v) is 12.6. The molecule has 0 aliphatic carbocycles. The Morgan fingerprint density at radius 3 is 2.43 bits per heavy atom. The molecule has 37 heavy (non-hydrogen) atoms. The van der Waals surface area contributed by atoms with E-state index in [4.69, 9.17) is 19.0 Å². The summed E-state index contributed by atoms with van der Waals surface area (Å²) in [5.74, 6) is -2.87. The Hall–Kier alpha value is -3.58. The van der Waals surface area contributed by atoms with Gasteiger partial charge in [-0.05, 0) is 29.5 Å². The molecular formula is C22H25N2O12P. The van der Waals surface area contributed by atoms with Crippen molar-refractivity contribution in [2.45, 2.75) is 44.9 Å². The molecule has 15 heteroatoms. The molecule has 1 saturated heterocycles. The van der Waals surface area contributed by atoms with Gasteiger partial charge in [-0.1, -0.05) is 26.0 Å². The van der Waals surface area contributed by atoms with Crippen molar-refractivity contribution < 1.29 is 52.0 Å². The van der Waals surface area contributed by atoms with E-state index in [2.05, 4.69) is 14.6 Å². The number of phosphoric ester groups is 1. The molecule has 0 radical (unpaired) electrons. The largest absolute Gasteiger partial charge is 0.472 e. The molecular weight excluding hydrogens is 515 g/mol. The third kappa shape index (κ3) is 7.70. The Morgan fingerprint density at radius 1 is 1.11 bits per heavy atom. The Bertz CT molecular complexity index is 1300. The molecule has 1 aromatic carbocycles. The standard InChI is InChI=1S/C22H25N2O12P/c1-12(7-20(27)33-11-34-37(30,31)32)16-8-15-4-3-14(9-17(15)35-21(16)28)13(2)10-23-22(29)36-24-18(25)5-6-19(24)26/h3-4,8-9,12-13H,5-7,10-11H2,1-2H3,(H,23,29)(H2,30,31,32). The lowest BCUT2D eigenvalue weighted by Crippen LogP contribution is -2.38. The summed E-state index contributed by atoms with van der Waals surface area (Å²) in [5, 5.41) is 3.50. The number of hydrogen-bond acceptors (Lipinski definition) is 10. The van der Waals surface area contributed by atoms with Gasteiger partial charge in [-0.3, -0.25) is 14.4 Å². The SMILES string of the molecule is CC(CNC(=O)ON1C(=O)CCC1=O)c1ccc2cc(C(C)CC(=O)OCOP(=O)(O)O)c(=O)oc2c1. The quantitative estimate of drug-likeness (QED) is 0.130. The molecule has 3 N–H and O–H groups in total. The van der Waals surface area contributed by atoms with Crippen LogP contribution in [-0.2, 0) is 33.0 Å². The first-order valence-electron chi connectivity index (χ1n) is 11.1. The lowest BCUT2D eigenvalue weighted by Gasteiger charge is -2.16. The summed E-state index contributed by atoms with van der Waals surface area (Å²) in [5.41, 5.74) is 0.528. The van der Waals surface area contributed by atoms with Crippen LogP contribution >= 0.6 is 7.82 Å². The maximum absolute atomic E-state index is 12.5. The zero-order valence-electron chi connectivity index (χ0n) is 19.9. The third-order valence-electron chi connectivity index (χ3n) is 5.53. The van der Waals surface area contributed by atoms with Gasteiger partial charge >= 0.3 is 25.5 Å². The van der Waals surface area contributed by atoms with Gasteiger partial charge in [0.25, 0.3) is 11.8 Å². The number of phosphoric acid groups is 1. The molecule has 1 aromatic heterocycles. The van der Waals surface area contributed by atoms with E-state index < -0.39 is 50.0 Å². The predicted octanol–water partition coefficient (Wildman–Crippen LogP) is 1.79. The molecule has 14 nitrogen and oxygen atoms in total. The molecule has 1 aliphatic rings. The Labute approximate surface area is 209 Å². The zero-order chi connectivity index (χ0) is 27.3. The number of rotatable bonds is 10. The minimum atomic E-state index is -4.78. The number of benzene rings is 1. The molecule has 2 unspecified atom stereocenters. The van der Waals surface area contributed by atoms with Gasteiger partial charge in [-0.25, -0.2) is 18.7 Å². The summed E-state index contributed by atoms with van der Waals surface area (Å²) in [6, 6.07) is 6.66. The van der Waals surface area contributed by atoms with Crippen LogP contribution in [0, 0.1) is 0 Å².